The van der Waals surface area contributed by atoms with Crippen LogP contribution in [-0.4, -0.2) is 0 Å². The fourth-order valence-corrected chi connectivity index (χ4v) is 0. The van der Waals surface area contributed by atoms with E-state index < -0.39 is 17.0 Å². The van der Waals surface area contributed by atoms with Crippen molar-refractivity contribution in [2.24, 2.45) is 0 Å². The first-order valence-electron chi connectivity index (χ1n) is 0.781. The van der Waals surface area contributed by atoms with E-state index in [1.165, 1.54) is 0 Å². The van der Waals surface area contributed by atoms with Crippen LogP contribution in [0.5, 0.6) is 0 Å². The number of rotatable bonds is 0. The van der Waals surface area contributed by atoms with Gasteiger partial charge in [-0.1, -0.05) is 0 Å². The van der Waals surface area contributed by atoms with Gasteiger partial charge in [0.05, 0.1) is 0 Å². The van der Waals surface area contributed by atoms with Gasteiger partial charge in [0, 0.05) is 0 Å². The normalized spacial score (nSPS) is 11.1. The second kappa shape index (κ2) is 4.52. The van der Waals surface area contributed by atoms with Crippen LogP contribution in [-0.2, 0) is 51.9 Å². The van der Waals surface area contributed by atoms with Gasteiger partial charge in [-0.3, -0.25) is 0 Å². The minimum atomic E-state index is -5.62. The van der Waals surface area contributed by atoms with Gasteiger partial charge in [0.25, 0.3) is 0 Å². The Morgan fingerprint density at radius 1 is 0.857 bits per heavy atom. The summed E-state index contributed by atoms with van der Waals surface area (Å²) in [4.78, 5) is 0. The zero-order chi connectivity index (χ0) is 6.50. The Morgan fingerprint density at radius 3 is 0.857 bits per heavy atom. The van der Waals surface area contributed by atoms with Crippen molar-refractivity contribution < 1.29 is 51.9 Å². The predicted molar refractivity (Wildman–Crippen MR) is 3.43 cm³/mol. The van der Waals surface area contributed by atoms with Crippen molar-refractivity contribution >= 4 is 0 Å². The molecule has 7 heavy (non-hydrogen) atoms. The zero-order valence-corrected chi connectivity index (χ0v) is 7.50. The summed E-state index contributed by atoms with van der Waals surface area (Å²) >= 11 is -5.50. The van der Waals surface area contributed by atoms with Crippen molar-refractivity contribution in [3.8, 4) is 0 Å². The van der Waals surface area contributed by atoms with Gasteiger partial charge in [-0.25, -0.2) is 0 Å². The van der Waals surface area contributed by atoms with Gasteiger partial charge in [0.15, 0.2) is 0 Å². The quantitative estimate of drug-likeness (QED) is 0.538. The Bertz CT molecular complexity index is 172. The third-order valence-corrected chi connectivity index (χ3v) is 0. The van der Waals surface area contributed by atoms with E-state index in [0.717, 1.165) is 0 Å². The molecule has 0 saturated carbocycles. The van der Waals surface area contributed by atoms with Crippen LogP contribution in [0.1, 0.15) is 0 Å². The first-order chi connectivity index (χ1) is 3.00. The summed E-state index contributed by atoms with van der Waals surface area (Å²) in [7, 11) is 0. The molecule has 0 radical (unpaired) electrons. The SMILES string of the molecule is [O]=[Ag](=[O])(=[O])=[O].[O]=[Zn]. The summed E-state index contributed by atoms with van der Waals surface area (Å²) in [6.45, 7) is 0. The summed E-state index contributed by atoms with van der Waals surface area (Å²) in [6, 6.07) is 0. The molecular formula is AgO5Zn. The molecule has 0 spiro atoms. The van der Waals surface area contributed by atoms with E-state index in [-0.39, 0.29) is 18.3 Å². The Hall–Kier alpha value is 0.364. The van der Waals surface area contributed by atoms with Crippen LogP contribution in [0.15, 0.2) is 0 Å². The van der Waals surface area contributed by atoms with E-state index in [4.69, 9.17) is 16.6 Å². The molecule has 5 nitrogen and oxygen atoms in total. The Labute approximate surface area is 51.9 Å². The maximum absolute atomic E-state index is 8.58. The van der Waals surface area contributed by atoms with Crippen LogP contribution in [0.4, 0.5) is 0 Å². The second-order valence-corrected chi connectivity index (χ2v) is 1.78. The van der Waals surface area contributed by atoms with E-state index in [1.54, 1.807) is 0 Å². The standard InChI is InChI=1S/Ag.5O.Zn. The molecule has 0 aromatic carbocycles. The summed E-state index contributed by atoms with van der Waals surface area (Å²) in [5.74, 6) is 0. The van der Waals surface area contributed by atoms with Crippen molar-refractivity contribution in [1.29, 1.82) is 0 Å². The molecule has 0 aliphatic heterocycles. The van der Waals surface area contributed by atoms with Crippen LogP contribution in [0, 0.1) is 0 Å². The molecular weight excluding hydrogens is 253 g/mol. The average Bonchev–Trinajstić information content (AvgIpc) is 1.36. The maximum atomic E-state index is 8.58. The van der Waals surface area contributed by atoms with E-state index in [0.29, 0.717) is 0 Å². The molecule has 7 heteroatoms. The van der Waals surface area contributed by atoms with E-state index in [9.17, 15) is 0 Å². The van der Waals surface area contributed by atoms with Crippen LogP contribution in [0.3, 0.4) is 0 Å². The molecule has 0 saturated heterocycles. The molecule has 0 fully saturated rings. The van der Waals surface area contributed by atoms with Crippen molar-refractivity contribution in [1.82, 2.24) is 0 Å². The van der Waals surface area contributed by atoms with Gasteiger partial charge in [0.2, 0.25) is 0 Å². The molecule has 0 atom stereocenters. The first-order valence-corrected chi connectivity index (χ1v) is 4.41. The molecule has 0 aliphatic rings. The van der Waals surface area contributed by atoms with Crippen molar-refractivity contribution in [3.63, 3.8) is 0 Å². The Morgan fingerprint density at radius 2 is 0.857 bits per heavy atom. The number of hydrogen-bond donors (Lipinski definition) is 0. The van der Waals surface area contributed by atoms with Gasteiger partial charge in [-0.2, -0.15) is 0 Å². The van der Waals surface area contributed by atoms with E-state index in [1.807, 2.05) is 0 Å². The van der Waals surface area contributed by atoms with Gasteiger partial charge in [0.1, 0.15) is 0 Å². The molecule has 0 N–H and O–H groups in total. The fourth-order valence-electron chi connectivity index (χ4n) is 0. The molecule has 0 heterocycles. The Balaban J connectivity index is 0. The van der Waals surface area contributed by atoms with Crippen molar-refractivity contribution in [2.45, 2.75) is 0 Å². The van der Waals surface area contributed by atoms with Gasteiger partial charge in [-0.05, 0) is 0 Å². The molecule has 0 unspecified atom stereocenters. The van der Waals surface area contributed by atoms with Gasteiger partial charge < -0.3 is 0 Å². The second-order valence-electron chi connectivity index (χ2n) is 0.302. The minimum absolute atomic E-state index is 0.125. The average molecular weight is 253 g/mol. The Kier molecular flexibility index (Phi) is 6.69. The predicted octanol–water partition coefficient (Wildman–Crippen LogP) is -0.599. The molecule has 43 valence electrons. The molecule has 0 aromatic rings. The van der Waals surface area contributed by atoms with Crippen LogP contribution in [0.25, 0.3) is 0 Å². The third-order valence-electron chi connectivity index (χ3n) is 0. The van der Waals surface area contributed by atoms with E-state index in [2.05, 4.69) is 0 Å². The van der Waals surface area contributed by atoms with Crippen LogP contribution in [0.2, 0.25) is 0 Å². The molecule has 0 rings (SSSR count). The molecule has 0 bridgehead atoms. The summed E-state index contributed by atoms with van der Waals surface area (Å²) in [6.07, 6.45) is 0. The van der Waals surface area contributed by atoms with E-state index >= 15 is 0 Å². The summed E-state index contributed by atoms with van der Waals surface area (Å²) in [5, 5.41) is 0. The first kappa shape index (κ1) is 10.4. The van der Waals surface area contributed by atoms with Crippen LogP contribution >= 0.6 is 0 Å². The summed E-state index contributed by atoms with van der Waals surface area (Å²) in [5.41, 5.74) is 0. The van der Waals surface area contributed by atoms with Gasteiger partial charge in [-0.15, -0.1) is 0 Å². The molecule has 0 aliphatic carbocycles. The monoisotopic (exact) mass is 251 g/mol. The number of hydrogen-bond acceptors (Lipinski definition) is 5. The summed E-state index contributed by atoms with van der Waals surface area (Å²) < 4.78 is 42.7. The van der Waals surface area contributed by atoms with Crippen molar-refractivity contribution in [2.75, 3.05) is 0 Å². The topological polar surface area (TPSA) is 85.3 Å². The van der Waals surface area contributed by atoms with Crippen molar-refractivity contribution in [3.05, 3.63) is 0 Å². The third kappa shape index (κ3) is 916. The van der Waals surface area contributed by atoms with Crippen LogP contribution < -0.4 is 0 Å². The molecule has 0 aromatic heterocycles. The van der Waals surface area contributed by atoms with Gasteiger partial charge >= 0.3 is 51.9 Å². The zero-order valence-electron chi connectivity index (χ0n) is 3.05. The fraction of sp³-hybridized carbons (Fsp3) is 0. The molecule has 0 amide bonds.